The maximum absolute atomic E-state index is 12.5. The van der Waals surface area contributed by atoms with Gasteiger partial charge in [-0.2, -0.15) is 0 Å². The van der Waals surface area contributed by atoms with Gasteiger partial charge in [-0.3, -0.25) is 4.79 Å². The molecule has 24 heavy (non-hydrogen) atoms. The van der Waals surface area contributed by atoms with E-state index in [1.54, 1.807) is 11.3 Å². The number of aromatic nitrogens is 1. The van der Waals surface area contributed by atoms with Crippen LogP contribution in [0.3, 0.4) is 0 Å². The molecule has 1 amide bonds. The molecule has 1 aromatic heterocycles. The lowest BCUT2D eigenvalue weighted by molar-refractivity contribution is 0.0940. The summed E-state index contributed by atoms with van der Waals surface area (Å²) in [6.45, 7) is 4.24. The fraction of sp³-hybridized carbons (Fsp3) is 0.474. The third-order valence-corrected chi connectivity index (χ3v) is 6.28. The van der Waals surface area contributed by atoms with E-state index in [9.17, 15) is 4.79 Å². The maximum atomic E-state index is 12.5. The van der Waals surface area contributed by atoms with E-state index in [-0.39, 0.29) is 11.9 Å². The number of carbonyl (C=O) groups excluding carboxylic acids is 1. The highest BCUT2D eigenvalue weighted by Gasteiger charge is 2.21. The predicted molar refractivity (Wildman–Crippen MR) is 96.5 cm³/mol. The lowest BCUT2D eigenvalue weighted by Gasteiger charge is -2.27. The van der Waals surface area contributed by atoms with Gasteiger partial charge in [-0.15, -0.1) is 11.3 Å². The van der Waals surface area contributed by atoms with Crippen LogP contribution in [-0.2, 0) is 19.3 Å². The molecule has 1 aliphatic heterocycles. The van der Waals surface area contributed by atoms with Gasteiger partial charge in [-0.25, -0.2) is 4.98 Å². The molecule has 1 aromatic carbocycles. The Kier molecular flexibility index (Phi) is 4.37. The largest absolute Gasteiger partial charge is 0.343 e. The normalized spacial score (nSPS) is 18.0. The first kappa shape index (κ1) is 15.8. The van der Waals surface area contributed by atoms with E-state index in [2.05, 4.69) is 22.8 Å². The average Bonchev–Trinajstić information content (AvgIpc) is 3.13. The smallest absolute Gasteiger partial charge is 0.251 e. The highest BCUT2D eigenvalue weighted by molar-refractivity contribution is 7.11. The topological polar surface area (TPSA) is 54.0 Å². The van der Waals surface area contributed by atoms with Gasteiger partial charge in [0, 0.05) is 10.4 Å². The van der Waals surface area contributed by atoms with E-state index in [0.29, 0.717) is 0 Å². The lowest BCUT2D eigenvalue weighted by atomic mass is 9.94. The van der Waals surface area contributed by atoms with Crippen LogP contribution in [0, 0.1) is 5.92 Å². The van der Waals surface area contributed by atoms with Gasteiger partial charge in [0.05, 0.1) is 11.7 Å². The van der Waals surface area contributed by atoms with Crippen molar-refractivity contribution in [3.63, 3.8) is 0 Å². The summed E-state index contributed by atoms with van der Waals surface area (Å²) in [4.78, 5) is 18.6. The molecule has 126 valence electrons. The Labute approximate surface area is 146 Å². The van der Waals surface area contributed by atoms with E-state index in [0.717, 1.165) is 48.8 Å². The number of nitrogens with one attached hydrogen (secondary N) is 2. The zero-order valence-corrected chi connectivity index (χ0v) is 14.8. The van der Waals surface area contributed by atoms with E-state index < -0.39 is 0 Å². The van der Waals surface area contributed by atoms with Crippen LogP contribution in [0.15, 0.2) is 24.3 Å². The summed E-state index contributed by atoms with van der Waals surface area (Å²) in [5, 5.41) is 7.41. The Morgan fingerprint density at radius 2 is 2.12 bits per heavy atom. The minimum absolute atomic E-state index is 0.0188. The van der Waals surface area contributed by atoms with Crippen LogP contribution < -0.4 is 10.6 Å². The molecule has 4 nitrogen and oxygen atoms in total. The first-order valence-electron chi connectivity index (χ1n) is 8.78. The van der Waals surface area contributed by atoms with Crippen molar-refractivity contribution in [2.45, 2.75) is 38.6 Å². The van der Waals surface area contributed by atoms with Crippen molar-refractivity contribution < 1.29 is 4.79 Å². The molecule has 2 aromatic rings. The second-order valence-electron chi connectivity index (χ2n) is 6.90. The molecular weight excluding hydrogens is 318 g/mol. The molecule has 1 saturated heterocycles. The third kappa shape index (κ3) is 3.23. The Bertz CT molecular complexity index is 712. The SMILES string of the molecule is CC(NC(=O)c1ccc(CC2CNC2)cc1)c1nc2c(s1)CCC2. The Balaban J connectivity index is 1.37. The minimum Gasteiger partial charge on any atom is -0.343 e. The minimum atomic E-state index is -0.0335. The molecule has 0 radical (unpaired) electrons. The van der Waals surface area contributed by atoms with Gasteiger partial charge in [0.1, 0.15) is 5.01 Å². The number of aryl methyl sites for hydroxylation is 2. The second kappa shape index (κ2) is 6.65. The summed E-state index contributed by atoms with van der Waals surface area (Å²) in [7, 11) is 0. The maximum Gasteiger partial charge on any atom is 0.251 e. The molecule has 2 aliphatic rings. The van der Waals surface area contributed by atoms with Crippen LogP contribution in [0.4, 0.5) is 0 Å². The van der Waals surface area contributed by atoms with Crippen molar-refractivity contribution in [2.24, 2.45) is 5.92 Å². The second-order valence-corrected chi connectivity index (χ2v) is 8.01. The molecule has 1 unspecified atom stereocenters. The van der Waals surface area contributed by atoms with Crippen molar-refractivity contribution in [1.29, 1.82) is 0 Å². The molecule has 1 atom stereocenters. The molecule has 0 saturated carbocycles. The Morgan fingerprint density at radius 3 is 2.79 bits per heavy atom. The van der Waals surface area contributed by atoms with Crippen LogP contribution in [0.5, 0.6) is 0 Å². The highest BCUT2D eigenvalue weighted by atomic mass is 32.1. The van der Waals surface area contributed by atoms with Crippen LogP contribution in [0.1, 0.15) is 50.9 Å². The Hall–Kier alpha value is -1.72. The monoisotopic (exact) mass is 341 g/mol. The molecule has 2 heterocycles. The number of amides is 1. The van der Waals surface area contributed by atoms with Gasteiger partial charge in [-0.05, 0) is 69.3 Å². The number of benzene rings is 1. The van der Waals surface area contributed by atoms with E-state index in [1.165, 1.54) is 22.6 Å². The first-order chi connectivity index (χ1) is 11.7. The number of thiazole rings is 1. The fourth-order valence-corrected chi connectivity index (χ4v) is 4.51. The van der Waals surface area contributed by atoms with Crippen molar-refractivity contribution in [3.05, 3.63) is 51.0 Å². The molecule has 5 heteroatoms. The zero-order chi connectivity index (χ0) is 16.5. The highest BCUT2D eigenvalue weighted by Crippen LogP contribution is 2.30. The number of hydrogen-bond acceptors (Lipinski definition) is 4. The van der Waals surface area contributed by atoms with Crippen LogP contribution in [0.2, 0.25) is 0 Å². The summed E-state index contributed by atoms with van der Waals surface area (Å²) in [6.07, 6.45) is 4.55. The zero-order valence-electron chi connectivity index (χ0n) is 14.0. The average molecular weight is 341 g/mol. The van der Waals surface area contributed by atoms with Crippen LogP contribution in [0.25, 0.3) is 0 Å². The molecule has 0 spiro atoms. The number of nitrogens with zero attached hydrogens (tertiary/aromatic N) is 1. The fourth-order valence-electron chi connectivity index (χ4n) is 3.36. The predicted octanol–water partition coefficient (Wildman–Crippen LogP) is 2.88. The molecule has 1 aliphatic carbocycles. The Morgan fingerprint density at radius 1 is 1.33 bits per heavy atom. The molecule has 4 rings (SSSR count). The van der Waals surface area contributed by atoms with Gasteiger partial charge in [-0.1, -0.05) is 12.1 Å². The van der Waals surface area contributed by atoms with Crippen LogP contribution in [-0.4, -0.2) is 24.0 Å². The van der Waals surface area contributed by atoms with E-state index in [1.807, 2.05) is 19.1 Å². The number of fused-ring (bicyclic) bond motifs is 1. The lowest BCUT2D eigenvalue weighted by Crippen LogP contribution is -2.43. The van der Waals surface area contributed by atoms with E-state index in [4.69, 9.17) is 4.98 Å². The summed E-state index contributed by atoms with van der Waals surface area (Å²) < 4.78 is 0. The first-order valence-corrected chi connectivity index (χ1v) is 9.59. The van der Waals surface area contributed by atoms with Crippen molar-refractivity contribution in [3.8, 4) is 0 Å². The van der Waals surface area contributed by atoms with Crippen molar-refractivity contribution in [2.75, 3.05) is 13.1 Å². The van der Waals surface area contributed by atoms with Gasteiger partial charge in [0.25, 0.3) is 5.91 Å². The van der Waals surface area contributed by atoms with Crippen LogP contribution >= 0.6 is 11.3 Å². The van der Waals surface area contributed by atoms with Crippen molar-refractivity contribution >= 4 is 17.2 Å². The molecule has 2 N–H and O–H groups in total. The quantitative estimate of drug-likeness (QED) is 0.879. The van der Waals surface area contributed by atoms with Gasteiger partial charge in [0.2, 0.25) is 0 Å². The standard InChI is InChI=1S/C19H23N3OS/c1-12(19-22-16-3-2-4-17(16)24-19)21-18(23)15-7-5-13(6-8-15)9-14-10-20-11-14/h5-8,12,14,20H,2-4,9-11H2,1H3,(H,21,23). The molecule has 1 fully saturated rings. The van der Waals surface area contributed by atoms with E-state index >= 15 is 0 Å². The summed E-state index contributed by atoms with van der Waals surface area (Å²) >= 11 is 1.75. The summed E-state index contributed by atoms with van der Waals surface area (Å²) in [5.74, 6) is 0.728. The van der Waals surface area contributed by atoms with Gasteiger partial charge < -0.3 is 10.6 Å². The summed E-state index contributed by atoms with van der Waals surface area (Å²) in [6, 6.07) is 8.00. The molecular formula is C19H23N3OS. The number of rotatable bonds is 5. The summed E-state index contributed by atoms with van der Waals surface area (Å²) in [5.41, 5.74) is 3.27. The van der Waals surface area contributed by atoms with Gasteiger partial charge in [0.15, 0.2) is 0 Å². The number of hydrogen-bond donors (Lipinski definition) is 2. The third-order valence-electron chi connectivity index (χ3n) is 4.94. The van der Waals surface area contributed by atoms with Crippen molar-refractivity contribution in [1.82, 2.24) is 15.6 Å². The molecule has 0 bridgehead atoms. The van der Waals surface area contributed by atoms with Gasteiger partial charge >= 0.3 is 0 Å². The number of carbonyl (C=O) groups is 1.